The van der Waals surface area contributed by atoms with E-state index in [0.29, 0.717) is 37.7 Å². The van der Waals surface area contributed by atoms with Gasteiger partial charge in [0.05, 0.1) is 4.90 Å². The Kier molecular flexibility index (Phi) is 4.99. The Morgan fingerprint density at radius 3 is 2.54 bits per heavy atom. The van der Waals surface area contributed by atoms with Crippen molar-refractivity contribution in [2.75, 3.05) is 31.2 Å². The highest BCUT2D eigenvalue weighted by atomic mass is 32.2. The van der Waals surface area contributed by atoms with Gasteiger partial charge in [0.2, 0.25) is 15.9 Å². The minimum absolute atomic E-state index is 0.00683. The third kappa shape index (κ3) is 3.83. The third-order valence-corrected chi connectivity index (χ3v) is 6.36. The Morgan fingerprint density at radius 2 is 1.79 bits per heavy atom. The molecule has 0 saturated carbocycles. The molecule has 2 heterocycles. The zero-order valence-electron chi connectivity index (χ0n) is 15.6. The van der Waals surface area contributed by atoms with Gasteiger partial charge in [0, 0.05) is 31.3 Å². The third-order valence-electron chi connectivity index (χ3n) is 4.94. The van der Waals surface area contributed by atoms with Gasteiger partial charge in [-0.15, -0.1) is 0 Å². The number of rotatable bonds is 5. The molecule has 28 heavy (non-hydrogen) atoms. The van der Waals surface area contributed by atoms with Gasteiger partial charge < -0.3 is 14.4 Å². The van der Waals surface area contributed by atoms with E-state index in [1.165, 1.54) is 12.1 Å². The molecule has 0 bridgehead atoms. The Bertz CT molecular complexity index is 988. The number of nitrogens with zero attached hydrogens (tertiary/aromatic N) is 1. The number of anilines is 1. The number of carbonyl (C=O) groups is 1. The van der Waals surface area contributed by atoms with Crippen molar-refractivity contribution in [3.05, 3.63) is 48.0 Å². The number of amides is 1. The van der Waals surface area contributed by atoms with Gasteiger partial charge in [-0.1, -0.05) is 17.7 Å². The van der Waals surface area contributed by atoms with Crippen LogP contribution in [0.4, 0.5) is 5.69 Å². The lowest BCUT2D eigenvalue weighted by Crippen LogP contribution is -2.31. The van der Waals surface area contributed by atoms with Crippen LogP contribution in [-0.2, 0) is 14.8 Å². The van der Waals surface area contributed by atoms with Crippen LogP contribution in [0.5, 0.6) is 11.5 Å². The Balaban J connectivity index is 1.41. The van der Waals surface area contributed by atoms with Crippen molar-refractivity contribution in [2.24, 2.45) is 5.92 Å². The molecule has 4 rings (SSSR count). The Hall–Kier alpha value is -2.58. The molecule has 1 fully saturated rings. The molecule has 2 aliphatic rings. The van der Waals surface area contributed by atoms with E-state index >= 15 is 0 Å². The molecule has 0 aromatic heterocycles. The standard InChI is InChI=1S/C20H22N2O5S/c1-14-2-4-16(5-3-14)22-13-15(10-20(22)23)12-21-28(24,25)17-6-7-18-19(11-17)27-9-8-26-18/h2-7,11,15,21H,8-10,12-13H2,1H3/t15-/m1/s1. The van der Waals surface area contributed by atoms with E-state index in [2.05, 4.69) is 4.72 Å². The monoisotopic (exact) mass is 402 g/mol. The second-order valence-corrected chi connectivity index (χ2v) is 8.83. The van der Waals surface area contributed by atoms with Crippen molar-refractivity contribution < 1.29 is 22.7 Å². The van der Waals surface area contributed by atoms with Crippen LogP contribution < -0.4 is 19.1 Å². The Labute approximate surface area is 164 Å². The normalized spacial score (nSPS) is 19.1. The average molecular weight is 402 g/mol. The van der Waals surface area contributed by atoms with Crippen LogP contribution in [0.1, 0.15) is 12.0 Å². The number of fused-ring (bicyclic) bond motifs is 1. The van der Waals surface area contributed by atoms with Gasteiger partial charge in [0.25, 0.3) is 0 Å². The average Bonchev–Trinajstić information content (AvgIpc) is 3.07. The van der Waals surface area contributed by atoms with Gasteiger partial charge in [-0.25, -0.2) is 13.1 Å². The zero-order chi connectivity index (χ0) is 19.7. The maximum absolute atomic E-state index is 12.6. The summed E-state index contributed by atoms with van der Waals surface area (Å²) in [6.07, 6.45) is 0.317. The number of ether oxygens (including phenoxy) is 2. The van der Waals surface area contributed by atoms with Crippen LogP contribution in [0.3, 0.4) is 0 Å². The van der Waals surface area contributed by atoms with Crippen molar-refractivity contribution in [2.45, 2.75) is 18.2 Å². The minimum Gasteiger partial charge on any atom is -0.486 e. The molecule has 1 amide bonds. The van der Waals surface area contributed by atoms with Crippen molar-refractivity contribution >= 4 is 21.6 Å². The SMILES string of the molecule is Cc1ccc(N2C[C@@H](CNS(=O)(=O)c3ccc4c(c3)OCCO4)CC2=O)cc1. The van der Waals surface area contributed by atoms with Crippen LogP contribution >= 0.6 is 0 Å². The number of nitrogens with one attached hydrogen (secondary N) is 1. The topological polar surface area (TPSA) is 84.9 Å². The van der Waals surface area contributed by atoms with Gasteiger partial charge in [-0.05, 0) is 37.1 Å². The molecule has 2 aromatic rings. The predicted molar refractivity (Wildman–Crippen MR) is 104 cm³/mol. The number of hydrogen-bond donors (Lipinski definition) is 1. The summed E-state index contributed by atoms with van der Waals surface area (Å²) in [6, 6.07) is 12.3. The first-order valence-corrected chi connectivity index (χ1v) is 10.7. The summed E-state index contributed by atoms with van der Waals surface area (Å²) in [5, 5.41) is 0. The van der Waals surface area contributed by atoms with Crippen LogP contribution in [-0.4, -0.2) is 40.6 Å². The van der Waals surface area contributed by atoms with Crippen LogP contribution in [0.25, 0.3) is 0 Å². The summed E-state index contributed by atoms with van der Waals surface area (Å²) >= 11 is 0. The van der Waals surface area contributed by atoms with Crippen molar-refractivity contribution in [3.63, 3.8) is 0 Å². The van der Waals surface area contributed by atoms with Crippen molar-refractivity contribution in [3.8, 4) is 11.5 Å². The molecule has 0 aliphatic carbocycles. The van der Waals surface area contributed by atoms with E-state index < -0.39 is 10.0 Å². The maximum atomic E-state index is 12.6. The van der Waals surface area contributed by atoms with E-state index in [-0.39, 0.29) is 23.3 Å². The van der Waals surface area contributed by atoms with E-state index in [4.69, 9.17) is 9.47 Å². The quantitative estimate of drug-likeness (QED) is 0.828. The van der Waals surface area contributed by atoms with Crippen LogP contribution in [0.2, 0.25) is 0 Å². The van der Waals surface area contributed by atoms with Gasteiger partial charge in [-0.3, -0.25) is 4.79 Å². The van der Waals surface area contributed by atoms with Crippen LogP contribution in [0, 0.1) is 12.8 Å². The molecular weight excluding hydrogens is 380 g/mol. The molecule has 2 aromatic carbocycles. The number of aryl methyl sites for hydroxylation is 1. The fourth-order valence-electron chi connectivity index (χ4n) is 3.39. The predicted octanol–water partition coefficient (Wildman–Crippen LogP) is 2.10. The highest BCUT2D eigenvalue weighted by Crippen LogP contribution is 2.32. The molecule has 8 heteroatoms. The molecule has 0 unspecified atom stereocenters. The molecule has 148 valence electrons. The molecule has 1 atom stereocenters. The summed E-state index contributed by atoms with van der Waals surface area (Å²) in [5.41, 5.74) is 1.96. The lowest BCUT2D eigenvalue weighted by atomic mass is 10.1. The molecular formula is C20H22N2O5S. The first kappa shape index (κ1) is 18.8. The fourth-order valence-corrected chi connectivity index (χ4v) is 4.53. The van der Waals surface area contributed by atoms with Gasteiger partial charge in [-0.2, -0.15) is 0 Å². The lowest BCUT2D eigenvalue weighted by molar-refractivity contribution is -0.117. The molecule has 7 nitrogen and oxygen atoms in total. The number of carbonyl (C=O) groups excluding carboxylic acids is 1. The lowest BCUT2D eigenvalue weighted by Gasteiger charge is -2.19. The van der Waals surface area contributed by atoms with Crippen LogP contribution in [0.15, 0.2) is 47.4 Å². The summed E-state index contributed by atoms with van der Waals surface area (Å²) in [6.45, 7) is 3.52. The van der Waals surface area contributed by atoms with Gasteiger partial charge >= 0.3 is 0 Å². The first-order valence-electron chi connectivity index (χ1n) is 9.19. The molecule has 0 spiro atoms. The highest BCUT2D eigenvalue weighted by molar-refractivity contribution is 7.89. The number of benzene rings is 2. The van der Waals surface area contributed by atoms with Gasteiger partial charge in [0.1, 0.15) is 13.2 Å². The minimum atomic E-state index is -3.70. The Morgan fingerprint density at radius 1 is 1.07 bits per heavy atom. The van der Waals surface area contributed by atoms with E-state index in [9.17, 15) is 13.2 Å². The molecule has 1 saturated heterocycles. The van der Waals surface area contributed by atoms with E-state index in [0.717, 1.165) is 11.3 Å². The second kappa shape index (κ2) is 7.44. The maximum Gasteiger partial charge on any atom is 0.240 e. The van der Waals surface area contributed by atoms with Crippen molar-refractivity contribution in [1.82, 2.24) is 4.72 Å². The second-order valence-electron chi connectivity index (χ2n) is 7.07. The van der Waals surface area contributed by atoms with E-state index in [1.807, 2.05) is 31.2 Å². The summed E-state index contributed by atoms with van der Waals surface area (Å²) < 4.78 is 38.8. The number of sulfonamides is 1. The summed E-state index contributed by atoms with van der Waals surface area (Å²) in [7, 11) is -3.70. The molecule has 2 aliphatic heterocycles. The zero-order valence-corrected chi connectivity index (χ0v) is 16.4. The molecule has 0 radical (unpaired) electrons. The fraction of sp³-hybridized carbons (Fsp3) is 0.350. The molecule has 1 N–H and O–H groups in total. The summed E-state index contributed by atoms with van der Waals surface area (Å²) in [5.74, 6) is 0.893. The van der Waals surface area contributed by atoms with E-state index in [1.54, 1.807) is 11.0 Å². The largest absolute Gasteiger partial charge is 0.486 e. The smallest absolute Gasteiger partial charge is 0.240 e. The first-order chi connectivity index (χ1) is 13.4. The van der Waals surface area contributed by atoms with Gasteiger partial charge in [0.15, 0.2) is 11.5 Å². The van der Waals surface area contributed by atoms with Crippen molar-refractivity contribution in [1.29, 1.82) is 0 Å². The highest BCUT2D eigenvalue weighted by Gasteiger charge is 2.31. The summed E-state index contributed by atoms with van der Waals surface area (Å²) in [4.78, 5) is 14.2. The number of hydrogen-bond acceptors (Lipinski definition) is 5.